The van der Waals surface area contributed by atoms with Crippen molar-refractivity contribution >= 4 is 27.5 Å². The van der Waals surface area contributed by atoms with Crippen LogP contribution in [-0.4, -0.2) is 36.2 Å². The van der Waals surface area contributed by atoms with E-state index in [4.69, 9.17) is 17.3 Å². The van der Waals surface area contributed by atoms with Crippen LogP contribution in [0.25, 0.3) is 0 Å². The first-order valence-electron chi connectivity index (χ1n) is 5.86. The van der Waals surface area contributed by atoms with Gasteiger partial charge in [0.05, 0.1) is 0 Å². The second-order valence-electron chi connectivity index (χ2n) is 4.32. The fraction of sp³-hybridized carbons (Fsp3) is 0.455. The van der Waals surface area contributed by atoms with Gasteiger partial charge in [0, 0.05) is 12.7 Å². The van der Waals surface area contributed by atoms with Gasteiger partial charge in [0.1, 0.15) is 16.1 Å². The summed E-state index contributed by atoms with van der Waals surface area (Å²) in [7, 11) is -3.85. The highest BCUT2D eigenvalue weighted by molar-refractivity contribution is 7.89. The van der Waals surface area contributed by atoms with Crippen molar-refractivity contribution in [2.75, 3.05) is 6.54 Å². The van der Waals surface area contributed by atoms with Crippen molar-refractivity contribution < 1.29 is 13.2 Å². The van der Waals surface area contributed by atoms with Crippen molar-refractivity contribution in [1.29, 1.82) is 0 Å². The van der Waals surface area contributed by atoms with Crippen molar-refractivity contribution in [3.63, 3.8) is 0 Å². The van der Waals surface area contributed by atoms with Gasteiger partial charge in [-0.2, -0.15) is 4.31 Å². The van der Waals surface area contributed by atoms with E-state index >= 15 is 0 Å². The number of pyridine rings is 1. The van der Waals surface area contributed by atoms with Crippen LogP contribution in [0, 0.1) is 0 Å². The molecule has 2 rings (SSSR count). The number of aromatic nitrogens is 1. The maximum Gasteiger partial charge on any atom is 0.246 e. The van der Waals surface area contributed by atoms with Gasteiger partial charge < -0.3 is 5.73 Å². The Morgan fingerprint density at radius 2 is 2.21 bits per heavy atom. The third kappa shape index (κ3) is 2.72. The largest absolute Gasteiger partial charge is 0.368 e. The summed E-state index contributed by atoms with van der Waals surface area (Å²) in [6, 6.07) is 2.05. The summed E-state index contributed by atoms with van der Waals surface area (Å²) >= 11 is 5.82. The SMILES string of the molecule is NC(=O)C1CCCCN1S(=O)(=O)c1cccnc1Cl. The average molecular weight is 304 g/mol. The predicted molar refractivity (Wildman–Crippen MR) is 70.0 cm³/mol. The van der Waals surface area contributed by atoms with Gasteiger partial charge in [-0.3, -0.25) is 4.79 Å². The highest BCUT2D eigenvalue weighted by Crippen LogP contribution is 2.28. The van der Waals surface area contributed by atoms with Gasteiger partial charge in [0.25, 0.3) is 0 Å². The smallest absolute Gasteiger partial charge is 0.246 e. The van der Waals surface area contributed by atoms with Gasteiger partial charge in [0.2, 0.25) is 15.9 Å². The Balaban J connectivity index is 2.43. The second-order valence-corrected chi connectivity index (χ2v) is 6.54. The van der Waals surface area contributed by atoms with Gasteiger partial charge in [-0.15, -0.1) is 0 Å². The van der Waals surface area contributed by atoms with Crippen LogP contribution >= 0.6 is 11.6 Å². The molecular weight excluding hydrogens is 290 g/mol. The van der Waals surface area contributed by atoms with E-state index < -0.39 is 22.0 Å². The number of carbonyl (C=O) groups excluding carboxylic acids is 1. The number of rotatable bonds is 3. The first-order valence-corrected chi connectivity index (χ1v) is 7.68. The molecule has 0 saturated carbocycles. The van der Waals surface area contributed by atoms with Crippen molar-refractivity contribution in [3.05, 3.63) is 23.5 Å². The van der Waals surface area contributed by atoms with Gasteiger partial charge in [-0.1, -0.05) is 18.0 Å². The molecule has 1 amide bonds. The van der Waals surface area contributed by atoms with E-state index in [0.717, 1.165) is 10.7 Å². The van der Waals surface area contributed by atoms with Crippen LogP contribution in [0.2, 0.25) is 5.15 Å². The minimum atomic E-state index is -3.85. The Morgan fingerprint density at radius 3 is 2.84 bits per heavy atom. The van der Waals surface area contributed by atoms with Crippen LogP contribution in [-0.2, 0) is 14.8 Å². The van der Waals surface area contributed by atoms with E-state index in [2.05, 4.69) is 4.98 Å². The number of halogens is 1. The highest BCUT2D eigenvalue weighted by Gasteiger charge is 2.37. The lowest BCUT2D eigenvalue weighted by Gasteiger charge is -2.32. The molecule has 1 aromatic rings. The van der Waals surface area contributed by atoms with E-state index in [9.17, 15) is 13.2 Å². The fourth-order valence-corrected chi connectivity index (χ4v) is 4.26. The summed E-state index contributed by atoms with van der Waals surface area (Å²) in [6.45, 7) is 0.265. The average Bonchev–Trinajstić information content (AvgIpc) is 2.39. The number of nitrogens with two attached hydrogens (primary N) is 1. The fourth-order valence-electron chi connectivity index (χ4n) is 2.17. The Hall–Kier alpha value is -1.18. The molecule has 0 spiro atoms. The topological polar surface area (TPSA) is 93.4 Å². The molecule has 1 aliphatic rings. The van der Waals surface area contributed by atoms with E-state index in [1.54, 1.807) is 0 Å². The number of hydrogen-bond acceptors (Lipinski definition) is 4. The van der Waals surface area contributed by atoms with Crippen LogP contribution in [0.4, 0.5) is 0 Å². The standard InChI is InChI=1S/C11H14ClN3O3S/c12-10-9(5-3-6-14-10)19(17,18)15-7-2-1-4-8(15)11(13)16/h3,5-6,8H,1-2,4,7H2,(H2,13,16). The first kappa shape index (κ1) is 14.2. The number of carbonyl (C=O) groups is 1. The molecule has 0 radical (unpaired) electrons. The number of sulfonamides is 1. The quantitative estimate of drug-likeness (QED) is 0.834. The Morgan fingerprint density at radius 1 is 1.47 bits per heavy atom. The number of hydrogen-bond donors (Lipinski definition) is 1. The summed E-state index contributed by atoms with van der Waals surface area (Å²) in [5, 5.41) is -0.101. The zero-order chi connectivity index (χ0) is 14.0. The van der Waals surface area contributed by atoms with Gasteiger partial charge in [0.15, 0.2) is 0 Å². The van der Waals surface area contributed by atoms with Crippen LogP contribution in [0.1, 0.15) is 19.3 Å². The van der Waals surface area contributed by atoms with Crippen molar-refractivity contribution in [1.82, 2.24) is 9.29 Å². The van der Waals surface area contributed by atoms with E-state index in [1.165, 1.54) is 18.3 Å². The summed E-state index contributed by atoms with van der Waals surface area (Å²) in [5.41, 5.74) is 5.28. The molecule has 1 atom stereocenters. The lowest BCUT2D eigenvalue weighted by molar-refractivity contribution is -0.122. The molecule has 0 aliphatic carbocycles. The summed E-state index contributed by atoms with van der Waals surface area (Å²) in [5.74, 6) is -0.636. The minimum Gasteiger partial charge on any atom is -0.368 e. The highest BCUT2D eigenvalue weighted by atomic mass is 35.5. The molecule has 19 heavy (non-hydrogen) atoms. The molecule has 1 fully saturated rings. The number of amides is 1. The molecule has 1 aliphatic heterocycles. The third-order valence-corrected chi connectivity index (χ3v) is 5.45. The summed E-state index contributed by atoms with van der Waals surface area (Å²) in [6.07, 6.45) is 3.32. The summed E-state index contributed by atoms with van der Waals surface area (Å²) in [4.78, 5) is 15.1. The van der Waals surface area contributed by atoms with Gasteiger partial charge in [-0.05, 0) is 25.0 Å². The van der Waals surface area contributed by atoms with E-state index in [0.29, 0.717) is 12.8 Å². The van der Waals surface area contributed by atoms with Crippen molar-refractivity contribution in [3.8, 4) is 0 Å². The van der Waals surface area contributed by atoms with Crippen LogP contribution < -0.4 is 5.73 Å². The van der Waals surface area contributed by atoms with Crippen molar-refractivity contribution in [2.24, 2.45) is 5.73 Å². The Bertz CT molecular complexity index is 591. The maximum atomic E-state index is 12.5. The molecule has 1 unspecified atom stereocenters. The molecular formula is C11H14ClN3O3S. The molecule has 0 aromatic carbocycles. The van der Waals surface area contributed by atoms with Crippen LogP contribution in [0.3, 0.4) is 0 Å². The Labute approximate surface area is 116 Å². The third-order valence-electron chi connectivity index (χ3n) is 3.09. The van der Waals surface area contributed by atoms with Gasteiger partial charge in [-0.25, -0.2) is 13.4 Å². The van der Waals surface area contributed by atoms with E-state index in [1.807, 2.05) is 0 Å². The molecule has 6 nitrogen and oxygen atoms in total. The lowest BCUT2D eigenvalue weighted by Crippen LogP contribution is -2.50. The molecule has 2 N–H and O–H groups in total. The van der Waals surface area contributed by atoms with Crippen molar-refractivity contribution in [2.45, 2.75) is 30.2 Å². The predicted octanol–water partition coefficient (Wildman–Crippen LogP) is 0.763. The zero-order valence-corrected chi connectivity index (χ0v) is 11.7. The molecule has 8 heteroatoms. The molecule has 104 valence electrons. The number of primary amides is 1. The zero-order valence-electron chi connectivity index (χ0n) is 10.1. The first-order chi connectivity index (χ1) is 8.94. The monoisotopic (exact) mass is 303 g/mol. The Kier molecular flexibility index (Phi) is 4.07. The minimum absolute atomic E-state index is 0.0928. The summed E-state index contributed by atoms with van der Waals surface area (Å²) < 4.78 is 26.2. The van der Waals surface area contributed by atoms with Crippen LogP contribution in [0.5, 0.6) is 0 Å². The molecule has 2 heterocycles. The maximum absolute atomic E-state index is 12.5. The number of piperidine rings is 1. The van der Waals surface area contributed by atoms with Crippen LogP contribution in [0.15, 0.2) is 23.2 Å². The molecule has 1 aromatic heterocycles. The molecule has 0 bridgehead atoms. The second kappa shape index (κ2) is 5.44. The normalized spacial score (nSPS) is 21.2. The number of nitrogens with zero attached hydrogens (tertiary/aromatic N) is 2. The lowest BCUT2D eigenvalue weighted by atomic mass is 10.0. The molecule has 1 saturated heterocycles. The van der Waals surface area contributed by atoms with E-state index in [-0.39, 0.29) is 16.6 Å². The van der Waals surface area contributed by atoms with Gasteiger partial charge >= 0.3 is 0 Å².